The Morgan fingerprint density at radius 3 is 2.62 bits per heavy atom. The van der Waals surface area contributed by atoms with Gasteiger partial charge in [-0.2, -0.15) is 0 Å². The number of nitrogens with zero attached hydrogens (tertiary/aromatic N) is 4. The molecule has 216 valence electrons. The summed E-state index contributed by atoms with van der Waals surface area (Å²) >= 11 is 6.03. The Balaban J connectivity index is 1.29. The van der Waals surface area contributed by atoms with Crippen LogP contribution in [0.3, 0.4) is 0 Å². The fourth-order valence-electron chi connectivity index (χ4n) is 5.75. The highest BCUT2D eigenvalue weighted by Gasteiger charge is 2.47. The van der Waals surface area contributed by atoms with Gasteiger partial charge in [0.15, 0.2) is 0 Å². The second kappa shape index (κ2) is 12.0. The maximum absolute atomic E-state index is 13.6. The molecule has 3 heterocycles. The number of ether oxygens (including phenoxy) is 1. The second-order valence-corrected chi connectivity index (χ2v) is 12.6. The van der Waals surface area contributed by atoms with Crippen molar-refractivity contribution >= 4 is 50.7 Å². The van der Waals surface area contributed by atoms with Crippen LogP contribution in [-0.4, -0.2) is 110 Å². The molecule has 0 aromatic heterocycles. The lowest BCUT2D eigenvalue weighted by Crippen LogP contribution is -2.55. The number of halogens is 1. The molecule has 0 N–H and O–H groups in total. The zero-order chi connectivity index (χ0) is 28.4. The normalized spacial score (nSPS) is 23.2. The summed E-state index contributed by atoms with van der Waals surface area (Å²) < 4.78 is 33.5. The highest BCUT2D eigenvalue weighted by Crippen LogP contribution is 2.29. The first-order valence-electron chi connectivity index (χ1n) is 13.5. The largest absolute Gasteiger partial charge is 0.373 e. The van der Waals surface area contributed by atoms with Gasteiger partial charge in [-0.1, -0.05) is 23.7 Å². The highest BCUT2D eigenvalue weighted by atomic mass is 35.5. The van der Waals surface area contributed by atoms with Gasteiger partial charge in [0.05, 0.1) is 17.6 Å². The third kappa shape index (κ3) is 5.82. The number of hydrogen-bond acceptors (Lipinski definition) is 8. The number of morpholine rings is 1. The number of carbonyl (C=O) groups is 3. The first kappa shape index (κ1) is 28.7. The fourth-order valence-corrected chi connectivity index (χ4v) is 7.33. The molecular formula is C27H33ClN4O7S. The summed E-state index contributed by atoms with van der Waals surface area (Å²) in [6, 6.07) is 7.31. The molecule has 2 aromatic rings. The Hall–Kier alpha value is -2.77. The van der Waals surface area contributed by atoms with Crippen LogP contribution in [0.15, 0.2) is 41.3 Å². The van der Waals surface area contributed by atoms with Crippen molar-refractivity contribution in [1.29, 1.82) is 0 Å². The van der Waals surface area contributed by atoms with Crippen LogP contribution in [0.25, 0.3) is 10.8 Å². The number of fused-ring (bicyclic) bond motifs is 1. The van der Waals surface area contributed by atoms with Gasteiger partial charge < -0.3 is 24.3 Å². The minimum absolute atomic E-state index is 0.0167. The van der Waals surface area contributed by atoms with Gasteiger partial charge >= 0.3 is 6.47 Å². The first-order chi connectivity index (χ1) is 19.2. The smallest absolute Gasteiger partial charge is 0.314 e. The average molecular weight is 593 g/mol. The van der Waals surface area contributed by atoms with E-state index in [0.717, 1.165) is 25.0 Å². The molecule has 2 aromatic carbocycles. The van der Waals surface area contributed by atoms with Gasteiger partial charge in [0.2, 0.25) is 11.8 Å². The molecule has 0 saturated carbocycles. The van der Waals surface area contributed by atoms with E-state index >= 15 is 0 Å². The molecular weight excluding hydrogens is 560 g/mol. The minimum Gasteiger partial charge on any atom is -0.373 e. The number of likely N-dealkylation sites (tertiary alicyclic amines) is 2. The Bertz CT molecular complexity index is 1380. The lowest BCUT2D eigenvalue weighted by Gasteiger charge is -2.37. The van der Waals surface area contributed by atoms with Crippen LogP contribution in [0.5, 0.6) is 0 Å². The maximum atomic E-state index is 13.6. The summed E-state index contributed by atoms with van der Waals surface area (Å²) in [6.07, 6.45) is 2.31. The third-order valence-corrected chi connectivity index (χ3v) is 9.76. The molecule has 40 heavy (non-hydrogen) atoms. The highest BCUT2D eigenvalue weighted by molar-refractivity contribution is 7.89. The van der Waals surface area contributed by atoms with Crippen molar-refractivity contribution < 1.29 is 32.4 Å². The van der Waals surface area contributed by atoms with Crippen molar-refractivity contribution in [2.45, 2.75) is 49.3 Å². The third-order valence-electron chi connectivity index (χ3n) is 7.86. The Kier molecular flexibility index (Phi) is 8.62. The number of hydroxylamine groups is 1. The predicted molar refractivity (Wildman–Crippen MR) is 147 cm³/mol. The van der Waals surface area contributed by atoms with Crippen LogP contribution in [0, 0.1) is 0 Å². The number of benzene rings is 2. The zero-order valence-electron chi connectivity index (χ0n) is 22.3. The topological polar surface area (TPSA) is 117 Å². The molecule has 3 aliphatic heterocycles. The van der Waals surface area contributed by atoms with Crippen molar-refractivity contribution in [2.24, 2.45) is 0 Å². The summed E-state index contributed by atoms with van der Waals surface area (Å²) in [5.74, 6) is -0.816. The number of hydrogen-bond donors (Lipinski definition) is 0. The van der Waals surface area contributed by atoms with Crippen molar-refractivity contribution in [1.82, 2.24) is 19.2 Å². The molecule has 11 nitrogen and oxygen atoms in total. The number of sulfonamides is 1. The SMILES string of the molecule is C[C@@H](C(=O)N1CCOC(CN2CCCC2)C1)N1CCC(N(OC=O)S(=O)(=O)c2ccc3cc(Cl)ccc3c2)C1=O. The molecule has 13 heteroatoms. The number of carbonyl (C=O) groups excluding carboxylic acids is 3. The van der Waals surface area contributed by atoms with Gasteiger partial charge in [0.1, 0.15) is 12.1 Å². The minimum atomic E-state index is -4.41. The lowest BCUT2D eigenvalue weighted by atomic mass is 10.1. The predicted octanol–water partition coefficient (Wildman–Crippen LogP) is 1.88. The van der Waals surface area contributed by atoms with E-state index in [0.29, 0.717) is 34.6 Å². The summed E-state index contributed by atoms with van der Waals surface area (Å²) in [7, 11) is -4.41. The molecule has 2 unspecified atom stereocenters. The van der Waals surface area contributed by atoms with Gasteiger partial charge in [0, 0.05) is 31.2 Å². The Morgan fingerprint density at radius 2 is 1.88 bits per heavy atom. The quantitative estimate of drug-likeness (QED) is 0.320. The van der Waals surface area contributed by atoms with Crippen molar-refractivity contribution in [3.63, 3.8) is 0 Å². The van der Waals surface area contributed by atoms with E-state index in [9.17, 15) is 22.8 Å². The lowest BCUT2D eigenvalue weighted by molar-refractivity contribution is -0.164. The van der Waals surface area contributed by atoms with Crippen molar-refractivity contribution in [2.75, 3.05) is 45.9 Å². The van der Waals surface area contributed by atoms with E-state index < -0.39 is 28.0 Å². The molecule has 5 rings (SSSR count). The first-order valence-corrected chi connectivity index (χ1v) is 15.3. The summed E-state index contributed by atoms with van der Waals surface area (Å²) in [5.41, 5.74) is 0. The molecule has 0 aliphatic carbocycles. The molecule has 0 spiro atoms. The van der Waals surface area contributed by atoms with Crippen molar-refractivity contribution in [3.05, 3.63) is 41.4 Å². The van der Waals surface area contributed by atoms with Crippen LogP contribution >= 0.6 is 11.6 Å². The van der Waals surface area contributed by atoms with E-state index in [1.54, 1.807) is 36.1 Å². The molecule has 3 atom stereocenters. The Morgan fingerprint density at radius 1 is 1.15 bits per heavy atom. The monoisotopic (exact) mass is 592 g/mol. The van der Waals surface area contributed by atoms with E-state index in [1.165, 1.54) is 29.9 Å². The summed E-state index contributed by atoms with van der Waals surface area (Å²) in [6.45, 7) is 5.87. The van der Waals surface area contributed by atoms with Gasteiger partial charge in [-0.25, -0.2) is 8.42 Å². The van der Waals surface area contributed by atoms with E-state index in [4.69, 9.17) is 21.2 Å². The summed E-state index contributed by atoms with van der Waals surface area (Å²) in [5, 5.41) is 1.85. The molecule has 3 saturated heterocycles. The summed E-state index contributed by atoms with van der Waals surface area (Å²) in [4.78, 5) is 48.4. The number of amides is 2. The number of rotatable bonds is 9. The fraction of sp³-hybridized carbons (Fsp3) is 0.519. The van der Waals surface area contributed by atoms with Gasteiger partial charge in [0.25, 0.3) is 10.0 Å². The van der Waals surface area contributed by atoms with Crippen LogP contribution in [0.2, 0.25) is 5.02 Å². The van der Waals surface area contributed by atoms with E-state index in [-0.39, 0.29) is 36.3 Å². The van der Waals surface area contributed by atoms with E-state index in [2.05, 4.69) is 4.90 Å². The van der Waals surface area contributed by atoms with Crippen LogP contribution in [0.4, 0.5) is 0 Å². The van der Waals surface area contributed by atoms with Gasteiger partial charge in [-0.3, -0.25) is 14.4 Å². The van der Waals surface area contributed by atoms with Gasteiger partial charge in [-0.05, 0) is 78.8 Å². The maximum Gasteiger partial charge on any atom is 0.314 e. The van der Waals surface area contributed by atoms with Crippen LogP contribution < -0.4 is 0 Å². The molecule has 2 amide bonds. The second-order valence-electron chi connectivity index (χ2n) is 10.4. The average Bonchev–Trinajstić information content (AvgIpc) is 3.60. The zero-order valence-corrected chi connectivity index (χ0v) is 23.8. The van der Waals surface area contributed by atoms with Gasteiger partial charge in [-0.15, -0.1) is 0 Å². The van der Waals surface area contributed by atoms with Crippen LogP contribution in [-0.2, 0) is 34.0 Å². The molecule has 3 aliphatic rings. The molecule has 3 fully saturated rings. The van der Waals surface area contributed by atoms with Crippen LogP contribution in [0.1, 0.15) is 26.2 Å². The van der Waals surface area contributed by atoms with E-state index in [1.807, 2.05) is 0 Å². The Labute approximate surface area is 238 Å². The standard InChI is InChI=1S/C27H33ClN4O7S/c1-19(26(34)30-12-13-38-23(17-30)16-29-9-2-3-10-29)31-11-8-25(27(31)35)32(39-18-33)40(36,37)24-7-5-20-14-22(28)6-4-21(20)15-24/h4-7,14-15,18-19,23,25H,2-3,8-13,16-17H2,1H3/t19-,23?,25?/m0/s1. The molecule has 0 radical (unpaired) electrons. The molecule has 0 bridgehead atoms. The van der Waals surface area contributed by atoms with Crippen molar-refractivity contribution in [3.8, 4) is 0 Å².